The van der Waals surface area contributed by atoms with E-state index in [1.165, 1.54) is 19.3 Å². The normalized spacial score (nSPS) is 15.8. The fourth-order valence-electron chi connectivity index (χ4n) is 4.07. The molecule has 158 valence electrons. The molecule has 4 rings (SSSR count). The van der Waals surface area contributed by atoms with Crippen molar-refractivity contribution in [2.45, 2.75) is 38.8 Å². The van der Waals surface area contributed by atoms with Gasteiger partial charge in [0.2, 0.25) is 0 Å². The van der Waals surface area contributed by atoms with Crippen LogP contribution in [0.2, 0.25) is 5.15 Å². The first-order valence-corrected chi connectivity index (χ1v) is 10.8. The molecule has 0 bridgehead atoms. The van der Waals surface area contributed by atoms with Crippen molar-refractivity contribution in [2.75, 3.05) is 19.6 Å². The summed E-state index contributed by atoms with van der Waals surface area (Å²) in [4.78, 5) is 15.4. The van der Waals surface area contributed by atoms with E-state index in [9.17, 15) is 4.79 Å². The number of hydrogen-bond donors (Lipinski definition) is 1. The van der Waals surface area contributed by atoms with Crippen molar-refractivity contribution in [1.29, 1.82) is 0 Å². The quantitative estimate of drug-likeness (QED) is 0.606. The minimum absolute atomic E-state index is 0.0164. The number of benzene rings is 1. The number of halogens is 1. The van der Waals surface area contributed by atoms with Crippen molar-refractivity contribution >= 4 is 17.5 Å². The average molecular weight is 427 g/mol. The van der Waals surface area contributed by atoms with E-state index in [0.29, 0.717) is 29.5 Å². The van der Waals surface area contributed by atoms with E-state index in [2.05, 4.69) is 15.3 Å². The Balaban J connectivity index is 1.47. The lowest BCUT2D eigenvalue weighted by atomic mass is 10.1. The van der Waals surface area contributed by atoms with E-state index in [0.717, 1.165) is 24.4 Å². The summed E-state index contributed by atoms with van der Waals surface area (Å²) in [6.07, 6.45) is 5.27. The number of amides is 1. The van der Waals surface area contributed by atoms with Crippen LogP contribution in [0.4, 0.5) is 0 Å². The minimum atomic E-state index is -0.203. The Kier molecular flexibility index (Phi) is 6.55. The number of hydrogen-bond acceptors (Lipinski definition) is 4. The monoisotopic (exact) mass is 426 g/mol. The van der Waals surface area contributed by atoms with Crippen LogP contribution in [0.5, 0.6) is 0 Å². The molecule has 1 aliphatic rings. The second kappa shape index (κ2) is 9.49. The zero-order valence-corrected chi connectivity index (χ0v) is 17.9. The fraction of sp³-hybridized carbons (Fsp3) is 0.391. The Labute approximate surface area is 181 Å². The number of rotatable bonds is 7. The summed E-state index contributed by atoms with van der Waals surface area (Å²) in [5.74, 6) is 0.671. The van der Waals surface area contributed by atoms with Gasteiger partial charge in [-0.25, -0.2) is 4.68 Å². The van der Waals surface area contributed by atoms with Crippen LogP contribution in [-0.2, 0) is 6.54 Å². The number of carbonyl (C=O) groups is 1. The van der Waals surface area contributed by atoms with Gasteiger partial charge < -0.3 is 9.73 Å². The first-order valence-electron chi connectivity index (χ1n) is 10.5. The maximum Gasteiger partial charge on any atom is 0.256 e. The SMILES string of the molecule is Cc1nn(Cc2ccccc2)c(Cl)c1C(=O)NCC(c1ccco1)N1CCCCC1. The number of likely N-dealkylation sites (tertiary alicyclic amines) is 1. The lowest BCUT2D eigenvalue weighted by molar-refractivity contribution is 0.0913. The molecule has 1 aromatic carbocycles. The molecule has 7 heteroatoms. The number of carbonyl (C=O) groups excluding carboxylic acids is 1. The smallest absolute Gasteiger partial charge is 0.256 e. The van der Waals surface area contributed by atoms with E-state index in [4.69, 9.17) is 16.0 Å². The molecule has 30 heavy (non-hydrogen) atoms. The summed E-state index contributed by atoms with van der Waals surface area (Å²) < 4.78 is 7.35. The molecule has 3 heterocycles. The van der Waals surface area contributed by atoms with E-state index in [1.807, 2.05) is 49.4 Å². The van der Waals surface area contributed by atoms with Gasteiger partial charge in [0.25, 0.3) is 5.91 Å². The average Bonchev–Trinajstić information content (AvgIpc) is 3.38. The standard InChI is InChI=1S/C23H27ClN4O2/c1-17-21(22(24)28(26-17)16-18-9-4-2-5-10-18)23(29)25-15-19(20-11-8-14-30-20)27-12-6-3-7-13-27/h2,4-5,8-11,14,19H,3,6-7,12-13,15-16H2,1H3,(H,25,29). The highest BCUT2D eigenvalue weighted by molar-refractivity contribution is 6.33. The molecule has 1 saturated heterocycles. The summed E-state index contributed by atoms with van der Waals surface area (Å²) in [5.41, 5.74) is 2.14. The van der Waals surface area contributed by atoms with Crippen LogP contribution < -0.4 is 5.32 Å². The van der Waals surface area contributed by atoms with Crippen LogP contribution in [0, 0.1) is 6.92 Å². The summed E-state index contributed by atoms with van der Waals surface area (Å²) in [6.45, 7) is 4.82. The minimum Gasteiger partial charge on any atom is -0.468 e. The van der Waals surface area contributed by atoms with Crippen LogP contribution in [0.25, 0.3) is 0 Å². The molecule has 1 aliphatic heterocycles. The Morgan fingerprint density at radius 1 is 1.17 bits per heavy atom. The first kappa shape index (κ1) is 20.7. The van der Waals surface area contributed by atoms with Gasteiger partial charge in [0, 0.05) is 6.54 Å². The summed E-state index contributed by atoms with van der Waals surface area (Å²) in [7, 11) is 0. The predicted molar refractivity (Wildman–Crippen MR) is 117 cm³/mol. The molecule has 1 unspecified atom stereocenters. The molecule has 6 nitrogen and oxygen atoms in total. The highest BCUT2D eigenvalue weighted by atomic mass is 35.5. The highest BCUT2D eigenvalue weighted by Gasteiger charge is 2.27. The molecule has 1 atom stereocenters. The molecule has 2 aromatic heterocycles. The van der Waals surface area contributed by atoms with Crippen molar-refractivity contribution in [2.24, 2.45) is 0 Å². The molecule has 0 aliphatic carbocycles. The number of piperidine rings is 1. The summed E-state index contributed by atoms with van der Waals surface area (Å²) >= 11 is 6.55. The molecular formula is C23H27ClN4O2. The molecule has 1 N–H and O–H groups in total. The second-order valence-electron chi connectivity index (χ2n) is 7.73. The van der Waals surface area contributed by atoms with E-state index in [1.54, 1.807) is 10.9 Å². The molecule has 0 saturated carbocycles. The number of aromatic nitrogens is 2. The maximum atomic E-state index is 13.0. The van der Waals surface area contributed by atoms with Crippen LogP contribution in [0.15, 0.2) is 53.1 Å². The fourth-order valence-corrected chi connectivity index (χ4v) is 4.39. The number of aryl methyl sites for hydroxylation is 1. The topological polar surface area (TPSA) is 63.3 Å². The maximum absolute atomic E-state index is 13.0. The van der Waals surface area contributed by atoms with E-state index < -0.39 is 0 Å². The Morgan fingerprint density at radius 3 is 2.63 bits per heavy atom. The van der Waals surface area contributed by atoms with Gasteiger partial charge in [0.1, 0.15) is 10.9 Å². The molecular weight excluding hydrogens is 400 g/mol. The van der Waals surface area contributed by atoms with Gasteiger partial charge >= 0.3 is 0 Å². The molecule has 1 fully saturated rings. The third-order valence-electron chi connectivity index (χ3n) is 5.63. The van der Waals surface area contributed by atoms with Crippen molar-refractivity contribution < 1.29 is 9.21 Å². The van der Waals surface area contributed by atoms with Crippen molar-refractivity contribution in [1.82, 2.24) is 20.0 Å². The summed E-state index contributed by atoms with van der Waals surface area (Å²) in [6, 6.07) is 13.8. The number of nitrogens with zero attached hydrogens (tertiary/aromatic N) is 3. The predicted octanol–water partition coefficient (Wildman–Crippen LogP) is 4.44. The van der Waals surface area contributed by atoms with Gasteiger partial charge in [-0.2, -0.15) is 5.10 Å². The van der Waals surface area contributed by atoms with Gasteiger partial charge in [-0.3, -0.25) is 9.69 Å². The molecule has 1 amide bonds. The van der Waals surface area contributed by atoms with Crippen molar-refractivity contribution in [3.8, 4) is 0 Å². The van der Waals surface area contributed by atoms with Crippen LogP contribution >= 0.6 is 11.6 Å². The van der Waals surface area contributed by atoms with Gasteiger partial charge in [-0.15, -0.1) is 0 Å². The third kappa shape index (κ3) is 4.60. The molecule has 0 spiro atoms. The van der Waals surface area contributed by atoms with E-state index in [-0.39, 0.29) is 11.9 Å². The zero-order valence-electron chi connectivity index (χ0n) is 17.2. The van der Waals surface area contributed by atoms with Gasteiger partial charge in [0.15, 0.2) is 0 Å². The lowest BCUT2D eigenvalue weighted by Crippen LogP contribution is -2.40. The summed E-state index contributed by atoms with van der Waals surface area (Å²) in [5, 5.41) is 7.92. The lowest BCUT2D eigenvalue weighted by Gasteiger charge is -2.33. The second-order valence-corrected chi connectivity index (χ2v) is 8.09. The molecule has 3 aromatic rings. The third-order valence-corrected chi connectivity index (χ3v) is 6.01. The van der Waals surface area contributed by atoms with Gasteiger partial charge in [-0.1, -0.05) is 48.4 Å². The highest BCUT2D eigenvalue weighted by Crippen LogP contribution is 2.25. The van der Waals surface area contributed by atoms with Crippen LogP contribution in [0.3, 0.4) is 0 Å². The van der Waals surface area contributed by atoms with Crippen LogP contribution in [-0.4, -0.2) is 40.2 Å². The Morgan fingerprint density at radius 2 is 1.93 bits per heavy atom. The Bertz CT molecular complexity index is 963. The number of furan rings is 1. The van der Waals surface area contributed by atoms with Crippen molar-refractivity contribution in [3.63, 3.8) is 0 Å². The van der Waals surface area contributed by atoms with Gasteiger partial charge in [-0.05, 0) is 50.6 Å². The Hall–Kier alpha value is -2.57. The number of nitrogens with one attached hydrogen (secondary N) is 1. The largest absolute Gasteiger partial charge is 0.468 e. The van der Waals surface area contributed by atoms with Crippen LogP contribution in [0.1, 0.15) is 52.7 Å². The zero-order chi connectivity index (χ0) is 20.9. The van der Waals surface area contributed by atoms with E-state index >= 15 is 0 Å². The van der Waals surface area contributed by atoms with Gasteiger partial charge in [0.05, 0.1) is 30.1 Å². The molecule has 0 radical (unpaired) electrons. The first-order chi connectivity index (χ1) is 14.6. The van der Waals surface area contributed by atoms with Crippen molar-refractivity contribution in [3.05, 3.63) is 76.5 Å².